The van der Waals surface area contributed by atoms with Crippen molar-refractivity contribution in [2.75, 3.05) is 19.6 Å². The van der Waals surface area contributed by atoms with Gasteiger partial charge in [0.1, 0.15) is 0 Å². The standard InChI is InChI=1S/C15H30N2O/c1-4-14(7-8-16)5-6-15(18)17-10-12(2)9-13(3)11-17/h12-14H,4-11,16H2,1-3H3. The Morgan fingerprint density at radius 1 is 1.28 bits per heavy atom. The summed E-state index contributed by atoms with van der Waals surface area (Å²) in [5, 5.41) is 0. The van der Waals surface area contributed by atoms with Crippen LogP contribution in [0.15, 0.2) is 0 Å². The molecule has 1 aliphatic heterocycles. The maximum absolute atomic E-state index is 12.2. The normalized spacial score (nSPS) is 26.1. The molecular formula is C15H30N2O. The number of nitrogens with two attached hydrogens (primary N) is 1. The van der Waals surface area contributed by atoms with E-state index in [9.17, 15) is 4.79 Å². The second-order valence-electron chi connectivity index (χ2n) is 6.14. The minimum atomic E-state index is 0.351. The zero-order valence-electron chi connectivity index (χ0n) is 12.3. The predicted octanol–water partition coefficient (Wildman–Crippen LogP) is 2.65. The molecule has 0 aliphatic carbocycles. The molecule has 0 radical (unpaired) electrons. The number of rotatable bonds is 6. The Hall–Kier alpha value is -0.570. The number of piperidine rings is 1. The second-order valence-corrected chi connectivity index (χ2v) is 6.14. The summed E-state index contributed by atoms with van der Waals surface area (Å²) in [4.78, 5) is 14.3. The molecule has 3 unspecified atom stereocenters. The van der Waals surface area contributed by atoms with Crippen molar-refractivity contribution in [3.63, 3.8) is 0 Å². The van der Waals surface area contributed by atoms with Crippen LogP contribution in [0.25, 0.3) is 0 Å². The number of hydrogen-bond donors (Lipinski definition) is 1. The van der Waals surface area contributed by atoms with Crippen molar-refractivity contribution in [2.45, 2.75) is 52.9 Å². The Morgan fingerprint density at radius 2 is 1.89 bits per heavy atom. The fourth-order valence-corrected chi connectivity index (χ4v) is 3.14. The first kappa shape index (κ1) is 15.5. The van der Waals surface area contributed by atoms with Gasteiger partial charge in [0, 0.05) is 19.5 Å². The molecule has 0 bridgehead atoms. The zero-order valence-corrected chi connectivity index (χ0v) is 12.3. The molecule has 0 aromatic heterocycles. The van der Waals surface area contributed by atoms with E-state index < -0.39 is 0 Å². The van der Waals surface area contributed by atoms with Crippen molar-refractivity contribution in [2.24, 2.45) is 23.5 Å². The zero-order chi connectivity index (χ0) is 13.5. The number of amides is 1. The highest BCUT2D eigenvalue weighted by atomic mass is 16.2. The van der Waals surface area contributed by atoms with Gasteiger partial charge in [-0.15, -0.1) is 0 Å². The molecule has 3 atom stereocenters. The van der Waals surface area contributed by atoms with Crippen molar-refractivity contribution >= 4 is 5.91 Å². The van der Waals surface area contributed by atoms with Crippen LogP contribution in [-0.4, -0.2) is 30.4 Å². The van der Waals surface area contributed by atoms with E-state index in [1.807, 2.05) is 0 Å². The topological polar surface area (TPSA) is 46.3 Å². The lowest BCUT2D eigenvalue weighted by Crippen LogP contribution is -2.42. The molecule has 2 N–H and O–H groups in total. The summed E-state index contributed by atoms with van der Waals surface area (Å²) in [5.41, 5.74) is 5.60. The second kappa shape index (κ2) is 7.78. The van der Waals surface area contributed by atoms with Gasteiger partial charge >= 0.3 is 0 Å². The Balaban J connectivity index is 2.35. The molecule has 0 spiro atoms. The van der Waals surface area contributed by atoms with E-state index >= 15 is 0 Å². The van der Waals surface area contributed by atoms with Crippen LogP contribution in [0.2, 0.25) is 0 Å². The SMILES string of the molecule is CCC(CCN)CCC(=O)N1CC(C)CC(C)C1. The quantitative estimate of drug-likeness (QED) is 0.792. The molecule has 1 saturated heterocycles. The minimum Gasteiger partial charge on any atom is -0.342 e. The predicted molar refractivity (Wildman–Crippen MR) is 76.2 cm³/mol. The maximum Gasteiger partial charge on any atom is 0.222 e. The largest absolute Gasteiger partial charge is 0.342 e. The third kappa shape index (κ3) is 4.97. The van der Waals surface area contributed by atoms with Crippen molar-refractivity contribution in [1.82, 2.24) is 4.90 Å². The van der Waals surface area contributed by atoms with Crippen LogP contribution in [0, 0.1) is 17.8 Å². The number of nitrogens with zero attached hydrogens (tertiary/aromatic N) is 1. The van der Waals surface area contributed by atoms with Crippen LogP contribution >= 0.6 is 0 Å². The van der Waals surface area contributed by atoms with Gasteiger partial charge in [-0.05, 0) is 43.6 Å². The van der Waals surface area contributed by atoms with Gasteiger partial charge < -0.3 is 10.6 Å². The first-order valence-corrected chi connectivity index (χ1v) is 7.54. The lowest BCUT2D eigenvalue weighted by Gasteiger charge is -2.35. The van der Waals surface area contributed by atoms with E-state index in [1.165, 1.54) is 6.42 Å². The molecule has 3 nitrogen and oxygen atoms in total. The van der Waals surface area contributed by atoms with E-state index in [-0.39, 0.29) is 0 Å². The van der Waals surface area contributed by atoms with Crippen molar-refractivity contribution in [3.8, 4) is 0 Å². The van der Waals surface area contributed by atoms with Crippen LogP contribution in [0.3, 0.4) is 0 Å². The lowest BCUT2D eigenvalue weighted by molar-refractivity contribution is -0.134. The highest BCUT2D eigenvalue weighted by Gasteiger charge is 2.25. The third-order valence-corrected chi connectivity index (χ3v) is 4.14. The highest BCUT2D eigenvalue weighted by Crippen LogP contribution is 2.23. The van der Waals surface area contributed by atoms with E-state index in [0.717, 1.165) is 38.9 Å². The van der Waals surface area contributed by atoms with E-state index in [2.05, 4.69) is 25.7 Å². The molecule has 1 amide bonds. The Labute approximate surface area is 112 Å². The van der Waals surface area contributed by atoms with Gasteiger partial charge in [0.25, 0.3) is 0 Å². The van der Waals surface area contributed by atoms with Crippen LogP contribution in [0.4, 0.5) is 0 Å². The molecular weight excluding hydrogens is 224 g/mol. The van der Waals surface area contributed by atoms with Gasteiger partial charge in [-0.25, -0.2) is 0 Å². The first-order valence-electron chi connectivity index (χ1n) is 7.54. The molecule has 3 heteroatoms. The number of likely N-dealkylation sites (tertiary alicyclic amines) is 1. The fourth-order valence-electron chi connectivity index (χ4n) is 3.14. The van der Waals surface area contributed by atoms with Gasteiger partial charge in [-0.3, -0.25) is 4.79 Å². The lowest BCUT2D eigenvalue weighted by atomic mass is 9.91. The molecule has 0 aromatic carbocycles. The van der Waals surface area contributed by atoms with Crippen LogP contribution in [0.1, 0.15) is 52.9 Å². The summed E-state index contributed by atoms with van der Waals surface area (Å²) in [6, 6.07) is 0. The maximum atomic E-state index is 12.2. The van der Waals surface area contributed by atoms with Gasteiger partial charge in [0.15, 0.2) is 0 Å². The van der Waals surface area contributed by atoms with Gasteiger partial charge in [-0.1, -0.05) is 27.2 Å². The fraction of sp³-hybridized carbons (Fsp3) is 0.933. The van der Waals surface area contributed by atoms with Gasteiger partial charge in [-0.2, -0.15) is 0 Å². The number of carbonyl (C=O) groups excluding carboxylic acids is 1. The molecule has 1 fully saturated rings. The van der Waals surface area contributed by atoms with Crippen molar-refractivity contribution in [3.05, 3.63) is 0 Å². The van der Waals surface area contributed by atoms with Crippen LogP contribution in [0.5, 0.6) is 0 Å². The van der Waals surface area contributed by atoms with Gasteiger partial charge in [0.2, 0.25) is 5.91 Å². The molecule has 106 valence electrons. The molecule has 1 heterocycles. The average Bonchev–Trinajstić information content (AvgIpc) is 2.32. The van der Waals surface area contributed by atoms with Crippen molar-refractivity contribution in [1.29, 1.82) is 0 Å². The van der Waals surface area contributed by atoms with E-state index in [1.54, 1.807) is 0 Å². The summed E-state index contributed by atoms with van der Waals surface area (Å²) in [6.45, 7) is 9.34. The van der Waals surface area contributed by atoms with Crippen molar-refractivity contribution < 1.29 is 4.79 Å². The summed E-state index contributed by atoms with van der Waals surface area (Å²) in [7, 11) is 0. The molecule has 18 heavy (non-hydrogen) atoms. The average molecular weight is 254 g/mol. The smallest absolute Gasteiger partial charge is 0.222 e. The molecule has 0 saturated carbocycles. The number of hydrogen-bond acceptors (Lipinski definition) is 2. The third-order valence-electron chi connectivity index (χ3n) is 4.14. The van der Waals surface area contributed by atoms with Crippen LogP contribution in [-0.2, 0) is 4.79 Å². The highest BCUT2D eigenvalue weighted by molar-refractivity contribution is 5.76. The first-order chi connectivity index (χ1) is 8.56. The van der Waals surface area contributed by atoms with E-state index in [4.69, 9.17) is 5.73 Å². The van der Waals surface area contributed by atoms with E-state index in [0.29, 0.717) is 30.1 Å². The summed E-state index contributed by atoms with van der Waals surface area (Å²) < 4.78 is 0. The minimum absolute atomic E-state index is 0.351. The number of carbonyl (C=O) groups is 1. The summed E-state index contributed by atoms with van der Waals surface area (Å²) in [5.74, 6) is 2.29. The monoisotopic (exact) mass is 254 g/mol. The molecule has 0 aromatic rings. The Bertz CT molecular complexity index is 245. The van der Waals surface area contributed by atoms with Gasteiger partial charge in [0.05, 0.1) is 0 Å². The Kier molecular flexibility index (Phi) is 6.69. The molecule has 1 rings (SSSR count). The molecule has 1 aliphatic rings. The summed E-state index contributed by atoms with van der Waals surface area (Å²) in [6.07, 6.45) is 5.16. The van der Waals surface area contributed by atoms with Crippen LogP contribution < -0.4 is 5.73 Å². The Morgan fingerprint density at radius 3 is 2.39 bits per heavy atom. The summed E-state index contributed by atoms with van der Waals surface area (Å²) >= 11 is 0.